The molecule has 2 rings (SSSR count). The molecule has 0 atom stereocenters. The Morgan fingerprint density at radius 3 is 2.88 bits per heavy atom. The summed E-state index contributed by atoms with van der Waals surface area (Å²) >= 11 is 11.9. The van der Waals surface area contributed by atoms with Gasteiger partial charge in [-0.2, -0.15) is 0 Å². The fourth-order valence-corrected chi connectivity index (χ4v) is 1.91. The molecule has 90 valence electrons. The molecule has 0 amide bonds. The van der Waals surface area contributed by atoms with E-state index in [1.165, 1.54) is 0 Å². The van der Waals surface area contributed by atoms with Gasteiger partial charge >= 0.3 is 0 Å². The number of hydrogen-bond acceptors (Lipinski definition) is 3. The van der Waals surface area contributed by atoms with Crippen molar-refractivity contribution < 1.29 is 0 Å². The first-order valence-corrected chi connectivity index (χ1v) is 6.03. The van der Waals surface area contributed by atoms with Gasteiger partial charge in [-0.25, -0.2) is 4.68 Å². The minimum Gasteiger partial charge on any atom is -0.311 e. The van der Waals surface area contributed by atoms with E-state index in [2.05, 4.69) is 15.6 Å². The minimum absolute atomic E-state index is 0.553. The van der Waals surface area contributed by atoms with Gasteiger partial charge in [-0.05, 0) is 24.7 Å². The Balaban J connectivity index is 2.24. The van der Waals surface area contributed by atoms with Crippen molar-refractivity contribution in [2.45, 2.75) is 13.5 Å². The van der Waals surface area contributed by atoms with Gasteiger partial charge in [0.1, 0.15) is 0 Å². The summed E-state index contributed by atoms with van der Waals surface area (Å²) in [5, 5.41) is 12.4. The van der Waals surface area contributed by atoms with Crippen LogP contribution in [-0.2, 0) is 6.54 Å². The highest BCUT2D eigenvalue weighted by molar-refractivity contribution is 6.35. The van der Waals surface area contributed by atoms with Crippen molar-refractivity contribution in [1.29, 1.82) is 0 Å². The molecular formula is C11H12Cl2N4. The standard InChI is InChI=1S/C11H12Cl2N4/c1-2-14-6-9-7-17(16-15-9)11-4-3-8(12)5-10(11)13/h3-5,7,14H,2,6H2,1H3. The summed E-state index contributed by atoms with van der Waals surface area (Å²) in [6, 6.07) is 5.27. The maximum absolute atomic E-state index is 6.09. The van der Waals surface area contributed by atoms with Crippen LogP contribution >= 0.6 is 23.2 Å². The van der Waals surface area contributed by atoms with Gasteiger partial charge in [0.2, 0.25) is 0 Å². The molecule has 0 fully saturated rings. The van der Waals surface area contributed by atoms with Gasteiger partial charge in [-0.3, -0.25) is 0 Å². The van der Waals surface area contributed by atoms with Gasteiger partial charge in [0, 0.05) is 11.6 Å². The summed E-state index contributed by atoms with van der Waals surface area (Å²) in [6.07, 6.45) is 1.85. The van der Waals surface area contributed by atoms with Crippen molar-refractivity contribution in [3.63, 3.8) is 0 Å². The van der Waals surface area contributed by atoms with Crippen molar-refractivity contribution >= 4 is 23.2 Å². The average Bonchev–Trinajstić information content (AvgIpc) is 2.75. The summed E-state index contributed by atoms with van der Waals surface area (Å²) in [5.41, 5.74) is 1.64. The monoisotopic (exact) mass is 270 g/mol. The Morgan fingerprint density at radius 1 is 1.35 bits per heavy atom. The summed E-state index contributed by atoms with van der Waals surface area (Å²) in [7, 11) is 0. The molecule has 0 saturated heterocycles. The molecule has 17 heavy (non-hydrogen) atoms. The zero-order chi connectivity index (χ0) is 12.3. The first-order chi connectivity index (χ1) is 8.20. The lowest BCUT2D eigenvalue weighted by molar-refractivity contribution is 0.705. The van der Waals surface area contributed by atoms with E-state index in [0.717, 1.165) is 17.9 Å². The van der Waals surface area contributed by atoms with Crippen molar-refractivity contribution in [3.8, 4) is 5.69 Å². The fraction of sp³-hybridized carbons (Fsp3) is 0.273. The topological polar surface area (TPSA) is 42.7 Å². The van der Waals surface area contributed by atoms with Crippen LogP contribution in [0.1, 0.15) is 12.6 Å². The van der Waals surface area contributed by atoms with Crippen LogP contribution in [0.25, 0.3) is 5.69 Å². The van der Waals surface area contributed by atoms with Crippen LogP contribution in [0.4, 0.5) is 0 Å². The molecule has 0 unspecified atom stereocenters. The van der Waals surface area contributed by atoms with E-state index < -0.39 is 0 Å². The first kappa shape index (κ1) is 12.4. The Kier molecular flexibility index (Phi) is 3.99. The van der Waals surface area contributed by atoms with Crippen LogP contribution in [0.3, 0.4) is 0 Å². The number of benzene rings is 1. The second-order valence-corrected chi connectivity index (χ2v) is 4.37. The zero-order valence-corrected chi connectivity index (χ0v) is 10.8. The summed E-state index contributed by atoms with van der Waals surface area (Å²) in [5.74, 6) is 0. The molecule has 6 heteroatoms. The Labute approximate surface area is 110 Å². The normalized spacial score (nSPS) is 10.8. The molecule has 0 aliphatic carbocycles. The van der Waals surface area contributed by atoms with Crippen LogP contribution in [0.5, 0.6) is 0 Å². The van der Waals surface area contributed by atoms with Crippen LogP contribution in [-0.4, -0.2) is 21.5 Å². The third-order valence-corrected chi connectivity index (χ3v) is 2.79. The molecule has 0 radical (unpaired) electrons. The van der Waals surface area contributed by atoms with Crippen LogP contribution in [0, 0.1) is 0 Å². The molecular weight excluding hydrogens is 259 g/mol. The van der Waals surface area contributed by atoms with E-state index in [4.69, 9.17) is 23.2 Å². The molecule has 0 aliphatic heterocycles. The third kappa shape index (κ3) is 2.97. The maximum Gasteiger partial charge on any atom is 0.0969 e. The zero-order valence-electron chi connectivity index (χ0n) is 9.32. The predicted molar refractivity (Wildman–Crippen MR) is 68.8 cm³/mol. The van der Waals surface area contributed by atoms with Gasteiger partial charge in [-0.1, -0.05) is 35.3 Å². The molecule has 1 N–H and O–H groups in total. The van der Waals surface area contributed by atoms with Crippen molar-refractivity contribution in [1.82, 2.24) is 20.3 Å². The van der Waals surface area contributed by atoms with E-state index in [-0.39, 0.29) is 0 Å². The van der Waals surface area contributed by atoms with Gasteiger partial charge in [0.25, 0.3) is 0 Å². The number of nitrogens with one attached hydrogen (secondary N) is 1. The fourth-order valence-electron chi connectivity index (χ4n) is 1.42. The number of hydrogen-bond donors (Lipinski definition) is 1. The summed E-state index contributed by atoms with van der Waals surface area (Å²) in [6.45, 7) is 3.64. The molecule has 0 saturated carbocycles. The lowest BCUT2D eigenvalue weighted by Gasteiger charge is -2.02. The van der Waals surface area contributed by atoms with Crippen LogP contribution < -0.4 is 5.32 Å². The third-order valence-electron chi connectivity index (χ3n) is 2.25. The SMILES string of the molecule is CCNCc1cn(-c2ccc(Cl)cc2Cl)nn1. The number of rotatable bonds is 4. The summed E-state index contributed by atoms with van der Waals surface area (Å²) in [4.78, 5) is 0. The van der Waals surface area contributed by atoms with E-state index >= 15 is 0 Å². The van der Waals surface area contributed by atoms with E-state index in [1.807, 2.05) is 19.2 Å². The molecule has 0 bridgehead atoms. The van der Waals surface area contributed by atoms with Crippen molar-refractivity contribution in [2.75, 3.05) is 6.54 Å². The number of aromatic nitrogens is 3. The average molecular weight is 271 g/mol. The largest absolute Gasteiger partial charge is 0.311 e. The number of nitrogens with zero attached hydrogens (tertiary/aromatic N) is 3. The Morgan fingerprint density at radius 2 is 2.18 bits per heavy atom. The maximum atomic E-state index is 6.09. The lowest BCUT2D eigenvalue weighted by Crippen LogP contribution is -2.11. The highest BCUT2D eigenvalue weighted by Crippen LogP contribution is 2.23. The Bertz CT molecular complexity index is 510. The van der Waals surface area contributed by atoms with Gasteiger partial charge in [0.05, 0.1) is 22.6 Å². The Hall–Kier alpha value is -1.10. The lowest BCUT2D eigenvalue weighted by atomic mass is 10.3. The second-order valence-electron chi connectivity index (χ2n) is 3.53. The predicted octanol–water partition coefficient (Wildman–Crippen LogP) is 2.68. The van der Waals surface area contributed by atoms with E-state index in [9.17, 15) is 0 Å². The highest BCUT2D eigenvalue weighted by atomic mass is 35.5. The number of halogens is 2. The molecule has 4 nitrogen and oxygen atoms in total. The van der Waals surface area contributed by atoms with Crippen LogP contribution in [0.2, 0.25) is 10.0 Å². The van der Waals surface area contributed by atoms with Gasteiger partial charge < -0.3 is 5.32 Å². The summed E-state index contributed by atoms with van der Waals surface area (Å²) < 4.78 is 1.64. The first-order valence-electron chi connectivity index (χ1n) is 5.28. The van der Waals surface area contributed by atoms with Gasteiger partial charge in [-0.15, -0.1) is 5.10 Å². The quantitative estimate of drug-likeness (QED) is 0.929. The molecule has 0 spiro atoms. The minimum atomic E-state index is 0.553. The van der Waals surface area contributed by atoms with Gasteiger partial charge in [0.15, 0.2) is 0 Å². The van der Waals surface area contributed by atoms with E-state index in [1.54, 1.807) is 16.8 Å². The van der Waals surface area contributed by atoms with Crippen molar-refractivity contribution in [3.05, 3.63) is 40.1 Å². The van der Waals surface area contributed by atoms with E-state index in [0.29, 0.717) is 16.6 Å². The van der Waals surface area contributed by atoms with Crippen LogP contribution in [0.15, 0.2) is 24.4 Å². The highest BCUT2D eigenvalue weighted by Gasteiger charge is 2.06. The molecule has 1 aromatic heterocycles. The molecule has 2 aromatic rings. The second kappa shape index (κ2) is 5.49. The molecule has 0 aliphatic rings. The van der Waals surface area contributed by atoms with Crippen molar-refractivity contribution in [2.24, 2.45) is 0 Å². The smallest absolute Gasteiger partial charge is 0.0969 e. The molecule has 1 heterocycles. The molecule has 1 aromatic carbocycles.